The Bertz CT molecular complexity index is 1430. The van der Waals surface area contributed by atoms with Crippen LogP contribution in [0.1, 0.15) is 40.3 Å². The Balaban J connectivity index is 1.51. The maximum atomic E-state index is 13.8. The fourth-order valence-corrected chi connectivity index (χ4v) is 4.30. The molecule has 1 aliphatic heterocycles. The molecule has 0 bridgehead atoms. The van der Waals surface area contributed by atoms with Gasteiger partial charge in [-0.25, -0.2) is 9.36 Å². The van der Waals surface area contributed by atoms with E-state index in [0.717, 1.165) is 10.9 Å². The van der Waals surface area contributed by atoms with Crippen molar-refractivity contribution < 1.29 is 22.4 Å². The van der Waals surface area contributed by atoms with Crippen LogP contribution in [0.5, 0.6) is 0 Å². The van der Waals surface area contributed by atoms with Gasteiger partial charge in [-0.1, -0.05) is 18.2 Å². The van der Waals surface area contributed by atoms with Crippen LogP contribution in [-0.4, -0.2) is 31.2 Å². The third-order valence-corrected chi connectivity index (χ3v) is 6.16. The van der Waals surface area contributed by atoms with E-state index in [-0.39, 0.29) is 23.5 Å². The van der Waals surface area contributed by atoms with Gasteiger partial charge in [0.2, 0.25) is 0 Å². The summed E-state index contributed by atoms with van der Waals surface area (Å²) in [6.45, 7) is 1.66. The quantitative estimate of drug-likeness (QED) is 0.451. The number of nitrogens with zero attached hydrogens (tertiary/aromatic N) is 4. The average Bonchev–Trinajstić information content (AvgIpc) is 3.55. The Hall–Kier alpha value is -4.22. The molecule has 35 heavy (non-hydrogen) atoms. The van der Waals surface area contributed by atoms with Crippen LogP contribution < -0.4 is 16.2 Å². The molecule has 4 aromatic rings. The van der Waals surface area contributed by atoms with E-state index in [2.05, 4.69) is 15.7 Å². The number of carbonyl (C=O) groups is 1. The predicted octanol–water partition coefficient (Wildman–Crippen LogP) is 4.19. The van der Waals surface area contributed by atoms with Gasteiger partial charge in [-0.15, -0.1) is 0 Å². The molecular formula is C23H21F3N6O3. The van der Waals surface area contributed by atoms with Crippen LogP contribution in [0.15, 0.2) is 64.1 Å². The number of amides is 1. The molecule has 2 atom stereocenters. The number of rotatable bonds is 4. The van der Waals surface area contributed by atoms with Gasteiger partial charge in [0.25, 0.3) is 11.5 Å². The number of hydrogen-bond donors (Lipinski definition) is 2. The second-order valence-electron chi connectivity index (χ2n) is 8.25. The van der Waals surface area contributed by atoms with Crippen molar-refractivity contribution in [3.63, 3.8) is 0 Å². The lowest BCUT2D eigenvalue weighted by Crippen LogP contribution is -2.36. The first-order chi connectivity index (χ1) is 16.7. The Morgan fingerprint density at radius 3 is 2.60 bits per heavy atom. The summed E-state index contributed by atoms with van der Waals surface area (Å²) in [6.07, 6.45) is -2.52. The molecule has 0 saturated heterocycles. The molecule has 1 aliphatic rings. The highest BCUT2D eigenvalue weighted by Crippen LogP contribution is 2.44. The summed E-state index contributed by atoms with van der Waals surface area (Å²) < 4.78 is 50.6. The summed E-state index contributed by atoms with van der Waals surface area (Å²) in [5.74, 6) is -0.553. The molecule has 1 aromatic carbocycles. The van der Waals surface area contributed by atoms with Gasteiger partial charge >= 0.3 is 6.18 Å². The number of anilines is 2. The third kappa shape index (κ3) is 3.80. The van der Waals surface area contributed by atoms with Gasteiger partial charge in [-0.3, -0.25) is 14.3 Å². The molecule has 0 unspecified atom stereocenters. The number of furan rings is 1. The minimum atomic E-state index is -4.60. The van der Waals surface area contributed by atoms with Crippen LogP contribution in [-0.2, 0) is 7.05 Å². The highest BCUT2D eigenvalue weighted by Gasteiger charge is 2.47. The third-order valence-electron chi connectivity index (χ3n) is 6.16. The van der Waals surface area contributed by atoms with Crippen molar-refractivity contribution in [1.82, 2.24) is 19.1 Å². The molecule has 0 fully saturated rings. The summed E-state index contributed by atoms with van der Waals surface area (Å²) in [7, 11) is 1.67. The summed E-state index contributed by atoms with van der Waals surface area (Å²) in [5, 5.41) is 9.37. The van der Waals surface area contributed by atoms with E-state index in [1.54, 1.807) is 55.1 Å². The zero-order chi connectivity index (χ0) is 24.9. The van der Waals surface area contributed by atoms with Crippen molar-refractivity contribution in [2.75, 3.05) is 10.6 Å². The molecule has 182 valence electrons. The van der Waals surface area contributed by atoms with E-state index in [0.29, 0.717) is 17.1 Å². The number of hydrogen-bond acceptors (Lipinski definition) is 5. The van der Waals surface area contributed by atoms with Gasteiger partial charge in [-0.2, -0.15) is 18.3 Å². The van der Waals surface area contributed by atoms with E-state index in [4.69, 9.17) is 4.42 Å². The van der Waals surface area contributed by atoms with Crippen molar-refractivity contribution >= 4 is 17.4 Å². The SMILES string of the molecule is Cc1c(NC(=O)c2cnn3c2N[C@H](c2ccco2)C[C@@H]3C(F)(F)F)c(=O)n(-c2ccccc2)n1C. The minimum Gasteiger partial charge on any atom is -0.467 e. The summed E-state index contributed by atoms with van der Waals surface area (Å²) >= 11 is 0. The van der Waals surface area contributed by atoms with Crippen LogP contribution in [0.3, 0.4) is 0 Å². The van der Waals surface area contributed by atoms with Crippen molar-refractivity contribution in [3.05, 3.63) is 82.3 Å². The molecule has 5 rings (SSSR count). The van der Waals surface area contributed by atoms with Gasteiger partial charge in [0.05, 0.1) is 29.9 Å². The number of alkyl halides is 3. The highest BCUT2D eigenvalue weighted by atomic mass is 19.4. The predicted molar refractivity (Wildman–Crippen MR) is 121 cm³/mol. The van der Waals surface area contributed by atoms with E-state index >= 15 is 0 Å². The Morgan fingerprint density at radius 1 is 1.20 bits per heavy atom. The molecule has 4 heterocycles. The van der Waals surface area contributed by atoms with E-state index in [1.165, 1.54) is 10.9 Å². The van der Waals surface area contributed by atoms with Crippen molar-refractivity contribution in [2.45, 2.75) is 31.6 Å². The summed E-state index contributed by atoms with van der Waals surface area (Å²) in [4.78, 5) is 26.3. The zero-order valence-corrected chi connectivity index (χ0v) is 18.7. The maximum Gasteiger partial charge on any atom is 0.410 e. The van der Waals surface area contributed by atoms with Gasteiger partial charge < -0.3 is 15.1 Å². The van der Waals surface area contributed by atoms with Gasteiger partial charge in [0.1, 0.15) is 22.8 Å². The number of nitrogens with one attached hydrogen (secondary N) is 2. The lowest BCUT2D eigenvalue weighted by atomic mass is 10.0. The topological polar surface area (TPSA) is 99.0 Å². The molecule has 9 nitrogen and oxygen atoms in total. The Labute approximate surface area is 196 Å². The lowest BCUT2D eigenvalue weighted by molar-refractivity contribution is -0.174. The summed E-state index contributed by atoms with van der Waals surface area (Å²) in [6, 6.07) is 9.23. The molecule has 0 spiro atoms. The minimum absolute atomic E-state index is 0.0204. The largest absolute Gasteiger partial charge is 0.467 e. The first-order valence-electron chi connectivity index (χ1n) is 10.8. The average molecular weight is 486 g/mol. The number of para-hydroxylation sites is 1. The first kappa shape index (κ1) is 22.6. The standard InChI is InChI=1S/C23H21F3N6O3/c1-13-19(22(34)32(30(13)2)14-7-4-3-5-8-14)29-21(33)15-12-27-31-18(23(24,25)26)11-16(28-20(15)31)17-9-6-10-35-17/h3-10,12,16,18,28H,11H2,1-2H3,(H,29,33)/t16-,18+/m0/s1. The van der Waals surface area contributed by atoms with Crippen LogP contribution >= 0.6 is 0 Å². The second kappa shape index (κ2) is 8.22. The molecule has 1 amide bonds. The molecule has 2 N–H and O–H groups in total. The van der Waals surface area contributed by atoms with Crippen molar-refractivity contribution in [1.29, 1.82) is 0 Å². The van der Waals surface area contributed by atoms with Crippen LogP contribution in [0.4, 0.5) is 24.7 Å². The summed E-state index contributed by atoms with van der Waals surface area (Å²) in [5.41, 5.74) is 0.502. The lowest BCUT2D eigenvalue weighted by Gasteiger charge is -2.32. The smallest absolute Gasteiger partial charge is 0.410 e. The fraction of sp³-hybridized carbons (Fsp3) is 0.261. The molecule has 3 aromatic heterocycles. The van der Waals surface area contributed by atoms with Gasteiger partial charge in [0.15, 0.2) is 6.04 Å². The van der Waals surface area contributed by atoms with E-state index < -0.39 is 29.7 Å². The molecular weight excluding hydrogens is 465 g/mol. The monoisotopic (exact) mass is 486 g/mol. The molecule has 0 saturated carbocycles. The van der Waals surface area contributed by atoms with Crippen LogP contribution in [0, 0.1) is 6.92 Å². The number of benzene rings is 1. The Kier molecular flexibility index (Phi) is 5.30. The van der Waals surface area contributed by atoms with Gasteiger partial charge in [0, 0.05) is 13.5 Å². The number of fused-ring (bicyclic) bond motifs is 1. The Morgan fingerprint density at radius 2 is 1.94 bits per heavy atom. The van der Waals surface area contributed by atoms with Crippen molar-refractivity contribution in [3.8, 4) is 5.69 Å². The van der Waals surface area contributed by atoms with Crippen LogP contribution in [0.2, 0.25) is 0 Å². The second-order valence-corrected chi connectivity index (χ2v) is 8.25. The maximum absolute atomic E-state index is 13.8. The first-order valence-corrected chi connectivity index (χ1v) is 10.8. The number of halogens is 3. The number of carbonyl (C=O) groups excluding carboxylic acids is 1. The van der Waals surface area contributed by atoms with Crippen molar-refractivity contribution in [2.24, 2.45) is 7.05 Å². The van der Waals surface area contributed by atoms with Gasteiger partial charge in [-0.05, 0) is 31.2 Å². The highest BCUT2D eigenvalue weighted by molar-refractivity contribution is 6.07. The van der Waals surface area contributed by atoms with E-state index in [9.17, 15) is 22.8 Å². The normalized spacial score (nSPS) is 17.6. The molecule has 0 aliphatic carbocycles. The number of aromatic nitrogens is 4. The molecule has 12 heteroatoms. The fourth-order valence-electron chi connectivity index (χ4n) is 4.30. The zero-order valence-electron chi connectivity index (χ0n) is 18.7. The van der Waals surface area contributed by atoms with Crippen LogP contribution in [0.25, 0.3) is 5.69 Å². The van der Waals surface area contributed by atoms with E-state index in [1.807, 2.05) is 6.07 Å². The molecule has 0 radical (unpaired) electrons.